The molecule has 0 amide bonds. The molecule has 0 N–H and O–H groups in total. The van der Waals surface area contributed by atoms with Gasteiger partial charge in [-0.15, -0.1) is 0 Å². The lowest BCUT2D eigenvalue weighted by atomic mass is 9.50. The second-order valence-corrected chi connectivity index (χ2v) is 13.5. The van der Waals surface area contributed by atoms with Gasteiger partial charge in [0.25, 0.3) is 0 Å². The van der Waals surface area contributed by atoms with E-state index in [0.29, 0.717) is 49.2 Å². The van der Waals surface area contributed by atoms with Crippen LogP contribution in [-0.2, 0) is 23.9 Å². The minimum Gasteiger partial charge on any atom is -0.459 e. The normalized spacial score (nSPS) is 47.5. The fourth-order valence-corrected chi connectivity index (χ4v) is 9.65. The van der Waals surface area contributed by atoms with E-state index in [1.54, 1.807) is 0 Å². The highest BCUT2D eigenvalue weighted by Gasteiger charge is 2.58. The van der Waals surface area contributed by atoms with Crippen molar-refractivity contribution in [3.63, 3.8) is 0 Å². The van der Waals surface area contributed by atoms with Crippen LogP contribution in [0.15, 0.2) is 0 Å². The molecule has 0 aromatic carbocycles. The average Bonchev–Trinajstić information content (AvgIpc) is 2.78. The standard InChI is InChI=1S/C29H42O5/c1-4-20(27(32)33-28(3)23-9-17-6-18(11-23)12-24(28)10-17)5-16(2)26(31)34-29-13-19-7-21(14-29)25(30)22(8-19)15-29/h16-24H,4-15H2,1-3H3. The van der Waals surface area contributed by atoms with Gasteiger partial charge in [0.15, 0.2) is 0 Å². The number of carbonyl (C=O) groups excluding carboxylic acids is 3. The van der Waals surface area contributed by atoms with Gasteiger partial charge in [0, 0.05) is 11.8 Å². The Hall–Kier alpha value is -1.39. The highest BCUT2D eigenvalue weighted by molar-refractivity contribution is 5.86. The van der Waals surface area contributed by atoms with Gasteiger partial charge >= 0.3 is 11.9 Å². The molecule has 34 heavy (non-hydrogen) atoms. The van der Waals surface area contributed by atoms with Gasteiger partial charge in [-0.1, -0.05) is 13.8 Å². The van der Waals surface area contributed by atoms with Crippen molar-refractivity contribution < 1.29 is 23.9 Å². The largest absolute Gasteiger partial charge is 0.459 e. The fourth-order valence-electron chi connectivity index (χ4n) is 9.65. The maximum atomic E-state index is 13.4. The average molecular weight is 471 g/mol. The van der Waals surface area contributed by atoms with Crippen molar-refractivity contribution in [3.8, 4) is 0 Å². The van der Waals surface area contributed by atoms with E-state index in [2.05, 4.69) is 6.92 Å². The molecule has 0 aromatic rings. The van der Waals surface area contributed by atoms with Crippen molar-refractivity contribution in [1.29, 1.82) is 0 Å². The Balaban J connectivity index is 1.08. The summed E-state index contributed by atoms with van der Waals surface area (Å²) in [7, 11) is 0. The Morgan fingerprint density at radius 2 is 1.44 bits per heavy atom. The molecule has 8 fully saturated rings. The first-order chi connectivity index (χ1) is 16.2. The lowest BCUT2D eigenvalue weighted by Gasteiger charge is -2.59. The summed E-state index contributed by atoms with van der Waals surface area (Å²) < 4.78 is 12.6. The van der Waals surface area contributed by atoms with Gasteiger partial charge in [-0.25, -0.2) is 0 Å². The number of ketones is 1. The van der Waals surface area contributed by atoms with Crippen LogP contribution in [0.1, 0.15) is 97.8 Å². The van der Waals surface area contributed by atoms with E-state index in [1.807, 2.05) is 13.8 Å². The maximum Gasteiger partial charge on any atom is 0.309 e. The highest BCUT2D eigenvalue weighted by Crippen LogP contribution is 2.60. The molecule has 4 atom stereocenters. The van der Waals surface area contributed by atoms with Gasteiger partial charge in [-0.3, -0.25) is 14.4 Å². The van der Waals surface area contributed by atoms with Crippen LogP contribution in [0.2, 0.25) is 0 Å². The summed E-state index contributed by atoms with van der Waals surface area (Å²) >= 11 is 0. The van der Waals surface area contributed by atoms with Gasteiger partial charge in [0.2, 0.25) is 0 Å². The maximum absolute atomic E-state index is 13.4. The zero-order valence-corrected chi connectivity index (χ0v) is 21.2. The first-order valence-corrected chi connectivity index (χ1v) is 14.2. The van der Waals surface area contributed by atoms with Crippen LogP contribution in [0.3, 0.4) is 0 Å². The van der Waals surface area contributed by atoms with Crippen LogP contribution < -0.4 is 0 Å². The SMILES string of the molecule is CCC(CC(C)C(=O)OC12CC3CC(C1)C(=O)C(C3)C2)C(=O)OC1(C)C2CC3CC(C2)CC1C3. The molecule has 8 aliphatic carbocycles. The zero-order chi connectivity index (χ0) is 23.8. The highest BCUT2D eigenvalue weighted by atomic mass is 16.6. The second-order valence-electron chi connectivity index (χ2n) is 13.5. The Morgan fingerprint density at radius 1 is 0.853 bits per heavy atom. The smallest absolute Gasteiger partial charge is 0.309 e. The predicted molar refractivity (Wildman–Crippen MR) is 126 cm³/mol. The van der Waals surface area contributed by atoms with Crippen molar-refractivity contribution in [3.05, 3.63) is 0 Å². The van der Waals surface area contributed by atoms with Gasteiger partial charge in [0.1, 0.15) is 17.0 Å². The molecule has 8 bridgehead atoms. The molecular weight excluding hydrogens is 428 g/mol. The number of Topliss-reactive ketones (excluding diaryl/α,β-unsaturated/α-hetero) is 1. The van der Waals surface area contributed by atoms with E-state index in [9.17, 15) is 14.4 Å². The topological polar surface area (TPSA) is 69.7 Å². The number of hydrogen-bond acceptors (Lipinski definition) is 5. The van der Waals surface area contributed by atoms with Crippen molar-refractivity contribution in [1.82, 2.24) is 0 Å². The first kappa shape index (κ1) is 23.0. The van der Waals surface area contributed by atoms with Crippen molar-refractivity contribution >= 4 is 17.7 Å². The molecule has 188 valence electrons. The van der Waals surface area contributed by atoms with E-state index in [0.717, 1.165) is 31.1 Å². The van der Waals surface area contributed by atoms with Crippen molar-refractivity contribution in [2.45, 2.75) is 109 Å². The molecule has 5 nitrogen and oxygen atoms in total. The summed E-state index contributed by atoms with van der Waals surface area (Å²) in [6.07, 6.45) is 11.7. The number of rotatable bonds is 7. The third kappa shape index (κ3) is 3.66. The van der Waals surface area contributed by atoms with E-state index < -0.39 is 5.60 Å². The van der Waals surface area contributed by atoms with Crippen LogP contribution in [0.25, 0.3) is 0 Å². The minimum absolute atomic E-state index is 0.0921. The van der Waals surface area contributed by atoms with Crippen LogP contribution in [0.5, 0.6) is 0 Å². The molecule has 0 aliphatic heterocycles. The van der Waals surface area contributed by atoms with E-state index in [-0.39, 0.29) is 41.2 Å². The summed E-state index contributed by atoms with van der Waals surface area (Å²) in [6.45, 7) is 6.11. The summed E-state index contributed by atoms with van der Waals surface area (Å²) in [6, 6.07) is 0. The Bertz CT molecular complexity index is 830. The summed E-state index contributed by atoms with van der Waals surface area (Å²) in [4.78, 5) is 39.0. The van der Waals surface area contributed by atoms with Crippen molar-refractivity contribution in [2.24, 2.45) is 53.3 Å². The summed E-state index contributed by atoms with van der Waals surface area (Å²) in [5.41, 5.74) is -0.765. The van der Waals surface area contributed by atoms with Crippen molar-refractivity contribution in [2.75, 3.05) is 0 Å². The third-order valence-electron chi connectivity index (χ3n) is 11.2. The van der Waals surface area contributed by atoms with E-state index >= 15 is 0 Å². The van der Waals surface area contributed by atoms with E-state index in [1.165, 1.54) is 32.1 Å². The van der Waals surface area contributed by atoms with E-state index in [4.69, 9.17) is 9.47 Å². The number of hydrogen-bond donors (Lipinski definition) is 0. The quantitative estimate of drug-likeness (QED) is 0.460. The lowest BCUT2D eigenvalue weighted by molar-refractivity contribution is -0.208. The molecule has 0 aromatic heterocycles. The van der Waals surface area contributed by atoms with Gasteiger partial charge in [-0.05, 0) is 114 Å². The molecule has 4 unspecified atom stereocenters. The van der Waals surface area contributed by atoms with Crippen LogP contribution in [0.4, 0.5) is 0 Å². The van der Waals surface area contributed by atoms with Gasteiger partial charge in [-0.2, -0.15) is 0 Å². The van der Waals surface area contributed by atoms with Crippen LogP contribution >= 0.6 is 0 Å². The third-order valence-corrected chi connectivity index (χ3v) is 11.2. The molecule has 0 heterocycles. The Labute approximate surface area is 204 Å². The molecule has 5 heteroatoms. The van der Waals surface area contributed by atoms with Gasteiger partial charge < -0.3 is 9.47 Å². The molecule has 0 saturated heterocycles. The summed E-state index contributed by atoms with van der Waals surface area (Å²) in [5.74, 6) is 2.89. The molecule has 8 saturated carbocycles. The number of carbonyl (C=O) groups is 3. The van der Waals surface area contributed by atoms with Gasteiger partial charge in [0.05, 0.1) is 11.8 Å². The van der Waals surface area contributed by atoms with Crippen LogP contribution in [0, 0.1) is 53.3 Å². The van der Waals surface area contributed by atoms with Crippen LogP contribution in [-0.4, -0.2) is 28.9 Å². The number of ether oxygens (including phenoxy) is 2. The predicted octanol–water partition coefficient (Wildman–Crippen LogP) is 5.49. The zero-order valence-electron chi connectivity index (χ0n) is 21.2. The molecule has 8 rings (SSSR count). The first-order valence-electron chi connectivity index (χ1n) is 14.2. The number of esters is 2. The second kappa shape index (κ2) is 8.06. The molecule has 8 aliphatic rings. The monoisotopic (exact) mass is 470 g/mol. The Morgan fingerprint density at radius 3 is 2.00 bits per heavy atom. The molecule has 0 radical (unpaired) electrons. The Kier molecular flexibility index (Phi) is 5.46. The fraction of sp³-hybridized carbons (Fsp3) is 0.897. The summed E-state index contributed by atoms with van der Waals surface area (Å²) in [5, 5.41) is 0. The lowest BCUT2D eigenvalue weighted by Crippen LogP contribution is -2.58. The molecule has 0 spiro atoms. The minimum atomic E-state index is -0.439. The molecular formula is C29H42O5.